The second-order valence-corrected chi connectivity index (χ2v) is 5.67. The van der Waals surface area contributed by atoms with Gasteiger partial charge >= 0.3 is 0 Å². The summed E-state index contributed by atoms with van der Waals surface area (Å²) in [5.41, 5.74) is 11.5. The molecule has 0 aromatic carbocycles. The second kappa shape index (κ2) is 20.5. The summed E-state index contributed by atoms with van der Waals surface area (Å²) in [5, 5.41) is 0. The van der Waals surface area contributed by atoms with Crippen molar-refractivity contribution in [2.45, 2.75) is 71.1 Å². The molecule has 0 saturated heterocycles. The van der Waals surface area contributed by atoms with E-state index in [1.54, 1.807) is 0 Å². The van der Waals surface area contributed by atoms with E-state index < -0.39 is 0 Å². The topological polar surface area (TPSA) is 26.0 Å². The van der Waals surface area contributed by atoms with Gasteiger partial charge in [0.05, 0.1) is 0 Å². The molecule has 0 spiro atoms. The van der Waals surface area contributed by atoms with Crippen molar-refractivity contribution in [2.75, 3.05) is 6.54 Å². The fraction of sp³-hybridized carbons (Fsp3) is 0.545. The summed E-state index contributed by atoms with van der Waals surface area (Å²) in [6.07, 6.45) is 29.0. The zero-order valence-corrected chi connectivity index (χ0v) is 15.0. The first-order chi connectivity index (χ1) is 11.4. The zero-order valence-electron chi connectivity index (χ0n) is 15.0. The first kappa shape index (κ1) is 21.5. The van der Waals surface area contributed by atoms with E-state index in [9.17, 15) is 0 Å². The van der Waals surface area contributed by atoms with Gasteiger partial charge in [-0.15, -0.1) is 0 Å². The molecule has 128 valence electrons. The Balaban J connectivity index is 3.62. The third-order valence-corrected chi connectivity index (χ3v) is 3.45. The van der Waals surface area contributed by atoms with Gasteiger partial charge in [0.2, 0.25) is 0 Å². The maximum atomic E-state index is 5.43. The molecule has 0 aromatic rings. The monoisotopic (exact) mass is 313 g/mol. The van der Waals surface area contributed by atoms with E-state index in [0.29, 0.717) is 0 Å². The van der Waals surface area contributed by atoms with Gasteiger partial charge in [0, 0.05) is 0 Å². The fourth-order valence-electron chi connectivity index (χ4n) is 2.07. The number of hydrogen-bond acceptors (Lipinski definition) is 1. The van der Waals surface area contributed by atoms with Gasteiger partial charge < -0.3 is 5.73 Å². The van der Waals surface area contributed by atoms with Crippen molar-refractivity contribution < 1.29 is 0 Å². The minimum atomic E-state index is 0.771. The molecule has 1 heteroatoms. The Morgan fingerprint density at radius 2 is 1.35 bits per heavy atom. The molecular formula is C22H35N. The Morgan fingerprint density at radius 3 is 2.09 bits per heavy atom. The molecule has 0 unspecified atom stereocenters. The van der Waals surface area contributed by atoms with E-state index in [2.05, 4.69) is 48.8 Å². The Bertz CT molecular complexity index is 413. The van der Waals surface area contributed by atoms with Gasteiger partial charge in [0.25, 0.3) is 0 Å². The minimum absolute atomic E-state index is 0.771. The van der Waals surface area contributed by atoms with Crippen molar-refractivity contribution in [3.63, 3.8) is 0 Å². The van der Waals surface area contributed by atoms with Crippen LogP contribution in [0.3, 0.4) is 0 Å². The van der Waals surface area contributed by atoms with Crippen molar-refractivity contribution in [3.8, 4) is 0 Å². The largest absolute Gasteiger partial charge is 0.330 e. The van der Waals surface area contributed by atoms with Gasteiger partial charge in [-0.05, 0) is 50.8 Å². The van der Waals surface area contributed by atoms with Crippen LogP contribution in [0.4, 0.5) is 0 Å². The average molecular weight is 314 g/mol. The minimum Gasteiger partial charge on any atom is -0.330 e. The van der Waals surface area contributed by atoms with Gasteiger partial charge in [-0.1, -0.05) is 86.9 Å². The Labute approximate surface area is 144 Å². The van der Waals surface area contributed by atoms with Crippen LogP contribution < -0.4 is 5.73 Å². The molecule has 0 fully saturated rings. The first-order valence-electron chi connectivity index (χ1n) is 9.24. The van der Waals surface area contributed by atoms with Crippen LogP contribution in [0.5, 0.6) is 0 Å². The van der Waals surface area contributed by atoms with E-state index >= 15 is 0 Å². The summed E-state index contributed by atoms with van der Waals surface area (Å²) in [7, 11) is 0. The Kier molecular flexibility index (Phi) is 19.1. The molecule has 0 aliphatic carbocycles. The zero-order chi connectivity index (χ0) is 16.8. The normalized spacial score (nSPS) is 11.2. The van der Waals surface area contributed by atoms with Crippen molar-refractivity contribution in [2.24, 2.45) is 5.73 Å². The standard InChI is InChI=1S/C22H35N/c1-2-3-4-5-6-7-8-9-10-11-12-13-14-15-16-17-18-19-20-21-22-23/h9-11,14-16,18-19H,2-8,17,20-23H2,1H3/b10-9+,14-11?,16-15+,19-18+. The molecule has 23 heavy (non-hydrogen) atoms. The van der Waals surface area contributed by atoms with E-state index in [1.165, 1.54) is 44.9 Å². The summed E-state index contributed by atoms with van der Waals surface area (Å²) < 4.78 is 0. The molecule has 0 bridgehead atoms. The maximum Gasteiger partial charge on any atom is -0.00743 e. The van der Waals surface area contributed by atoms with Crippen molar-refractivity contribution in [1.82, 2.24) is 0 Å². The van der Waals surface area contributed by atoms with Crippen LogP contribution in [0.25, 0.3) is 0 Å². The van der Waals surface area contributed by atoms with Gasteiger partial charge in [-0.2, -0.15) is 0 Å². The summed E-state index contributed by atoms with van der Waals surface area (Å²) in [5.74, 6) is 0. The van der Waals surface area contributed by atoms with Crippen LogP contribution in [0.2, 0.25) is 0 Å². The van der Waals surface area contributed by atoms with Crippen molar-refractivity contribution in [1.29, 1.82) is 0 Å². The molecule has 0 aliphatic rings. The molecule has 0 aliphatic heterocycles. The molecule has 2 N–H and O–H groups in total. The van der Waals surface area contributed by atoms with Gasteiger partial charge in [0.1, 0.15) is 0 Å². The van der Waals surface area contributed by atoms with E-state index in [0.717, 1.165) is 25.8 Å². The molecule has 0 aromatic heterocycles. The summed E-state index contributed by atoms with van der Waals surface area (Å²) in [6.45, 7) is 3.03. The third-order valence-electron chi connectivity index (χ3n) is 3.45. The van der Waals surface area contributed by atoms with E-state index in [-0.39, 0.29) is 0 Å². The first-order valence-corrected chi connectivity index (χ1v) is 9.24. The molecular weight excluding hydrogens is 278 g/mol. The van der Waals surface area contributed by atoms with Gasteiger partial charge in [-0.25, -0.2) is 0 Å². The summed E-state index contributed by atoms with van der Waals surface area (Å²) >= 11 is 0. The lowest BCUT2D eigenvalue weighted by Gasteiger charge is -1.96. The fourth-order valence-corrected chi connectivity index (χ4v) is 2.07. The Hall–Kier alpha value is -1.52. The van der Waals surface area contributed by atoms with Crippen LogP contribution in [0, 0.1) is 0 Å². The van der Waals surface area contributed by atoms with Crippen LogP contribution in [0.15, 0.2) is 60.1 Å². The Morgan fingerprint density at radius 1 is 0.696 bits per heavy atom. The highest BCUT2D eigenvalue weighted by atomic mass is 14.5. The highest BCUT2D eigenvalue weighted by Crippen LogP contribution is 2.06. The third kappa shape index (κ3) is 20.5. The molecule has 0 atom stereocenters. The molecule has 1 nitrogen and oxygen atoms in total. The number of unbranched alkanes of at least 4 members (excludes halogenated alkanes) is 7. The maximum absolute atomic E-state index is 5.43. The predicted molar refractivity (Wildman–Crippen MR) is 104 cm³/mol. The molecule has 0 radical (unpaired) electrons. The molecule has 0 saturated carbocycles. The SMILES string of the molecule is CCCCCCCC/C=C/C=C=C=C/C=C/C/C=C/CCCN. The lowest BCUT2D eigenvalue weighted by atomic mass is 10.1. The lowest BCUT2D eigenvalue weighted by Crippen LogP contribution is -1.96. The summed E-state index contributed by atoms with van der Waals surface area (Å²) in [6, 6.07) is 0. The predicted octanol–water partition coefficient (Wildman–Crippen LogP) is 6.40. The van der Waals surface area contributed by atoms with Gasteiger partial charge in [0.15, 0.2) is 0 Å². The van der Waals surface area contributed by atoms with E-state index in [1.807, 2.05) is 18.2 Å². The smallest absolute Gasteiger partial charge is 0.00743 e. The second-order valence-electron chi connectivity index (χ2n) is 5.67. The van der Waals surface area contributed by atoms with Crippen LogP contribution >= 0.6 is 0 Å². The number of rotatable bonds is 14. The van der Waals surface area contributed by atoms with Crippen molar-refractivity contribution >= 4 is 0 Å². The number of nitrogens with two attached hydrogens (primary N) is 1. The average Bonchev–Trinajstić information content (AvgIpc) is 2.57. The quantitative estimate of drug-likeness (QED) is 0.171. The molecule has 0 rings (SSSR count). The van der Waals surface area contributed by atoms with Crippen LogP contribution in [0.1, 0.15) is 71.1 Å². The van der Waals surface area contributed by atoms with Crippen LogP contribution in [-0.4, -0.2) is 6.54 Å². The molecule has 0 amide bonds. The summed E-state index contributed by atoms with van der Waals surface area (Å²) in [4.78, 5) is 0. The highest BCUT2D eigenvalue weighted by Gasteiger charge is 1.87. The lowest BCUT2D eigenvalue weighted by molar-refractivity contribution is 0.611. The van der Waals surface area contributed by atoms with Crippen LogP contribution in [-0.2, 0) is 0 Å². The number of allylic oxidation sites excluding steroid dienone is 8. The highest BCUT2D eigenvalue weighted by molar-refractivity contribution is 5.07. The van der Waals surface area contributed by atoms with Gasteiger partial charge in [-0.3, -0.25) is 0 Å². The molecule has 0 heterocycles. The number of hydrogen-bond donors (Lipinski definition) is 1. The van der Waals surface area contributed by atoms with E-state index in [4.69, 9.17) is 5.73 Å². The van der Waals surface area contributed by atoms with Crippen molar-refractivity contribution in [3.05, 3.63) is 60.1 Å².